The maximum absolute atomic E-state index is 10.9. The van der Waals surface area contributed by atoms with E-state index in [1.54, 1.807) is 0 Å². The highest BCUT2D eigenvalue weighted by molar-refractivity contribution is 5.25. The molecule has 0 radical (unpaired) electrons. The van der Waals surface area contributed by atoms with Gasteiger partial charge in [-0.25, -0.2) is 0 Å². The van der Waals surface area contributed by atoms with Crippen LogP contribution in [0.4, 0.5) is 0 Å². The van der Waals surface area contributed by atoms with Crippen molar-refractivity contribution in [3.8, 4) is 0 Å². The average Bonchev–Trinajstić information content (AvgIpc) is 2.35. The Labute approximate surface area is 103 Å². The van der Waals surface area contributed by atoms with Gasteiger partial charge in [-0.15, -0.1) is 0 Å². The lowest BCUT2D eigenvalue weighted by atomic mass is 9.82. The van der Waals surface area contributed by atoms with E-state index in [1.165, 1.54) is 0 Å². The normalized spacial score (nSPS) is 30.4. The second-order valence-electron chi connectivity index (χ2n) is 4.56. The Hall–Kier alpha value is -0.900. The van der Waals surface area contributed by atoms with E-state index < -0.39 is 5.60 Å². The molecule has 3 heteroatoms. The molecule has 0 spiro atoms. The van der Waals surface area contributed by atoms with Gasteiger partial charge in [0.05, 0.1) is 0 Å². The van der Waals surface area contributed by atoms with Gasteiger partial charge in [0.15, 0.2) is 0 Å². The molecular weight excluding hydrogens is 214 g/mol. The maximum atomic E-state index is 10.9. The number of hydrogen-bond acceptors (Lipinski definition) is 3. The molecule has 1 fully saturated rings. The summed E-state index contributed by atoms with van der Waals surface area (Å²) in [5, 5.41) is 10.9. The smallest absolute Gasteiger partial charge is 0.118 e. The molecule has 0 aromatic heterocycles. The molecule has 0 aliphatic carbocycles. The van der Waals surface area contributed by atoms with E-state index in [9.17, 15) is 5.11 Å². The van der Waals surface area contributed by atoms with Crippen molar-refractivity contribution >= 4 is 0 Å². The van der Waals surface area contributed by atoms with Crippen LogP contribution in [0.5, 0.6) is 0 Å². The van der Waals surface area contributed by atoms with Crippen LogP contribution in [0.15, 0.2) is 30.3 Å². The summed E-state index contributed by atoms with van der Waals surface area (Å²) in [4.78, 5) is 1.96. The Bertz CT molecular complexity index is 354. The largest absolute Gasteiger partial charge is 0.457 e. The highest BCUT2D eigenvalue weighted by Gasteiger charge is 2.41. The molecule has 0 bridgehead atoms. The summed E-state index contributed by atoms with van der Waals surface area (Å²) in [5.74, 6) is 0. The number of rotatable bonds is 3. The fourth-order valence-corrected chi connectivity index (χ4v) is 2.42. The summed E-state index contributed by atoms with van der Waals surface area (Å²) < 4.78 is 5.69. The summed E-state index contributed by atoms with van der Waals surface area (Å²) in [6, 6.07) is 9.79. The van der Waals surface area contributed by atoms with Gasteiger partial charge in [-0.1, -0.05) is 30.3 Å². The number of likely N-dealkylation sites (tertiary alicyclic amines) is 1. The van der Waals surface area contributed by atoms with E-state index in [4.69, 9.17) is 4.74 Å². The van der Waals surface area contributed by atoms with Crippen LogP contribution >= 0.6 is 0 Å². The molecule has 1 saturated heterocycles. The quantitative estimate of drug-likeness (QED) is 0.809. The Morgan fingerprint density at radius 3 is 2.82 bits per heavy atom. The molecule has 2 atom stereocenters. The van der Waals surface area contributed by atoms with Gasteiger partial charge in [0.1, 0.15) is 11.7 Å². The predicted molar refractivity (Wildman–Crippen MR) is 67.3 cm³/mol. The van der Waals surface area contributed by atoms with Crippen molar-refractivity contribution in [2.45, 2.75) is 25.0 Å². The zero-order valence-corrected chi connectivity index (χ0v) is 10.3. The number of benzene rings is 1. The summed E-state index contributed by atoms with van der Waals surface area (Å²) in [7, 11) is 3.93. The first-order valence-corrected chi connectivity index (χ1v) is 6.11. The summed E-state index contributed by atoms with van der Waals surface area (Å²) in [6.45, 7) is 4.01. The molecule has 1 N–H and O–H groups in total. The lowest BCUT2D eigenvalue weighted by Gasteiger charge is -2.46. The fraction of sp³-hybridized carbons (Fsp3) is 0.500. The average molecular weight is 234 g/mol. The Kier molecular flexibility index (Phi) is 3.82. The molecule has 1 aliphatic rings. The van der Waals surface area contributed by atoms with Crippen molar-refractivity contribution in [3.05, 3.63) is 42.9 Å². The monoisotopic (exact) mass is 234 g/mol. The zero-order chi connectivity index (χ0) is 12.3. The number of nitrogens with zero attached hydrogens (tertiary/aromatic N) is 1. The van der Waals surface area contributed by atoms with Crippen LogP contribution in [0, 0.1) is 7.05 Å². The molecule has 1 aliphatic heterocycles. The third-order valence-corrected chi connectivity index (χ3v) is 3.41. The van der Waals surface area contributed by atoms with Crippen LogP contribution in [-0.4, -0.2) is 35.8 Å². The lowest BCUT2D eigenvalue weighted by molar-refractivity contribution is -0.144. The van der Waals surface area contributed by atoms with Crippen molar-refractivity contribution in [1.82, 2.24) is 4.90 Å². The highest BCUT2D eigenvalue weighted by Crippen LogP contribution is 2.34. The zero-order valence-electron chi connectivity index (χ0n) is 10.3. The van der Waals surface area contributed by atoms with Crippen LogP contribution in [0.1, 0.15) is 18.9 Å². The Morgan fingerprint density at radius 1 is 1.47 bits per heavy atom. The van der Waals surface area contributed by atoms with Crippen LogP contribution in [-0.2, 0) is 10.3 Å². The maximum Gasteiger partial charge on any atom is 0.118 e. The topological polar surface area (TPSA) is 32.7 Å². The van der Waals surface area contributed by atoms with Gasteiger partial charge in [0.25, 0.3) is 0 Å². The molecule has 3 nitrogen and oxygen atoms in total. The minimum Gasteiger partial charge on any atom is -0.457 e. The molecule has 2 unspecified atom stereocenters. The highest BCUT2D eigenvalue weighted by atomic mass is 16.5. The second kappa shape index (κ2) is 5.17. The third kappa shape index (κ3) is 2.51. The number of ether oxygens (including phenoxy) is 1. The molecule has 1 heterocycles. The molecule has 17 heavy (non-hydrogen) atoms. The minimum absolute atomic E-state index is 0.207. The van der Waals surface area contributed by atoms with Gasteiger partial charge in [-0.05, 0) is 32.0 Å². The van der Waals surface area contributed by atoms with E-state index in [0.29, 0.717) is 19.6 Å². The molecule has 1 aromatic rings. The van der Waals surface area contributed by atoms with E-state index in [2.05, 4.69) is 7.05 Å². The van der Waals surface area contributed by atoms with Gasteiger partial charge < -0.3 is 14.7 Å². The van der Waals surface area contributed by atoms with Gasteiger partial charge in [-0.2, -0.15) is 0 Å². The van der Waals surface area contributed by atoms with Crippen molar-refractivity contribution in [3.63, 3.8) is 0 Å². The van der Waals surface area contributed by atoms with E-state index >= 15 is 0 Å². The van der Waals surface area contributed by atoms with Crippen molar-refractivity contribution < 1.29 is 9.84 Å². The van der Waals surface area contributed by atoms with Gasteiger partial charge >= 0.3 is 0 Å². The van der Waals surface area contributed by atoms with Crippen LogP contribution < -0.4 is 0 Å². The first-order chi connectivity index (χ1) is 8.16. The van der Waals surface area contributed by atoms with E-state index in [1.807, 2.05) is 42.2 Å². The van der Waals surface area contributed by atoms with Crippen LogP contribution in [0.25, 0.3) is 0 Å². The molecular formula is C14H20NO2-. The predicted octanol–water partition coefficient (Wildman–Crippen LogP) is 1.78. The van der Waals surface area contributed by atoms with Crippen molar-refractivity contribution in [1.29, 1.82) is 0 Å². The fourth-order valence-electron chi connectivity index (χ4n) is 2.42. The molecule has 0 saturated carbocycles. The molecule has 94 valence electrons. The Balaban J connectivity index is 2.26. The first kappa shape index (κ1) is 12.6. The minimum atomic E-state index is -0.883. The second-order valence-corrected chi connectivity index (χ2v) is 4.56. The van der Waals surface area contributed by atoms with Crippen LogP contribution in [0.3, 0.4) is 0 Å². The van der Waals surface area contributed by atoms with E-state index in [0.717, 1.165) is 12.1 Å². The molecule has 2 rings (SSSR count). The molecule has 0 amide bonds. The number of hydrogen-bond donors (Lipinski definition) is 1. The summed E-state index contributed by atoms with van der Waals surface area (Å²) in [5.41, 5.74) is 0.0531. The van der Waals surface area contributed by atoms with Crippen molar-refractivity contribution in [2.75, 3.05) is 19.7 Å². The number of piperidine rings is 1. The van der Waals surface area contributed by atoms with Gasteiger partial charge in [0, 0.05) is 6.61 Å². The standard InChI is InChI=1S/C14H20NO2/c1-3-17-13-11-15(2)10-9-14(13,16)12-7-5-4-6-8-12/h4-8,13,16H,2-3,9-11H2,1H3/q-1. The summed E-state index contributed by atoms with van der Waals surface area (Å²) >= 11 is 0. The number of aliphatic hydroxyl groups is 1. The molecule has 1 aromatic carbocycles. The summed E-state index contributed by atoms with van der Waals surface area (Å²) in [6.07, 6.45) is 0.451. The van der Waals surface area contributed by atoms with Crippen LogP contribution in [0.2, 0.25) is 0 Å². The first-order valence-electron chi connectivity index (χ1n) is 6.11. The lowest BCUT2D eigenvalue weighted by Crippen LogP contribution is -2.53. The van der Waals surface area contributed by atoms with E-state index in [-0.39, 0.29) is 6.10 Å². The van der Waals surface area contributed by atoms with Gasteiger partial charge in [0.2, 0.25) is 0 Å². The Morgan fingerprint density at radius 2 is 2.18 bits per heavy atom. The van der Waals surface area contributed by atoms with Crippen molar-refractivity contribution in [2.24, 2.45) is 0 Å². The third-order valence-electron chi connectivity index (χ3n) is 3.41. The van der Waals surface area contributed by atoms with Gasteiger partial charge in [-0.3, -0.25) is 7.05 Å². The SMILES string of the molecule is [CH2-]N1CCC(O)(c2ccccc2)C(OCC)C1.